The molecule has 0 bridgehead atoms. The van der Waals surface area contributed by atoms with E-state index in [0.29, 0.717) is 6.42 Å². The maximum Gasteiger partial charge on any atom is 0.126 e. The monoisotopic (exact) mass is 246 g/mol. The minimum absolute atomic E-state index is 0.254. The van der Waals surface area contributed by atoms with Crippen LogP contribution >= 0.6 is 0 Å². The molecule has 98 valence electrons. The van der Waals surface area contributed by atoms with E-state index in [9.17, 15) is 0 Å². The number of nitriles is 1. The Balaban J connectivity index is 2.58. The average molecular weight is 246 g/mol. The van der Waals surface area contributed by atoms with E-state index in [4.69, 9.17) is 5.26 Å². The maximum absolute atomic E-state index is 8.69. The van der Waals surface area contributed by atoms with Gasteiger partial charge in [-0.3, -0.25) is 4.90 Å². The first-order chi connectivity index (χ1) is 8.67. The van der Waals surface area contributed by atoms with Crippen LogP contribution in [-0.2, 0) is 6.54 Å². The Morgan fingerprint density at radius 1 is 1.50 bits per heavy atom. The zero-order valence-corrected chi connectivity index (χ0v) is 11.5. The summed E-state index contributed by atoms with van der Waals surface area (Å²) in [4.78, 5) is 6.71. The van der Waals surface area contributed by atoms with Crippen molar-refractivity contribution < 1.29 is 0 Å². The Hall–Kier alpha value is -1.60. The molecule has 0 aliphatic carbocycles. The maximum atomic E-state index is 8.69. The van der Waals surface area contributed by atoms with Gasteiger partial charge in [-0.05, 0) is 32.5 Å². The van der Waals surface area contributed by atoms with E-state index in [1.165, 1.54) is 0 Å². The Morgan fingerprint density at radius 3 is 2.94 bits per heavy atom. The quantitative estimate of drug-likeness (QED) is 0.803. The fourth-order valence-corrected chi connectivity index (χ4v) is 1.62. The fraction of sp³-hybridized carbons (Fsp3) is 0.571. The van der Waals surface area contributed by atoms with Gasteiger partial charge in [-0.25, -0.2) is 4.98 Å². The highest BCUT2D eigenvalue weighted by Gasteiger charge is 2.09. The summed E-state index contributed by atoms with van der Waals surface area (Å²) in [5.74, 6) is 0.927. The number of aromatic nitrogens is 1. The molecule has 0 saturated heterocycles. The summed E-state index contributed by atoms with van der Waals surface area (Å²) in [5, 5.41) is 12.0. The van der Waals surface area contributed by atoms with Crippen LogP contribution in [-0.4, -0.2) is 29.5 Å². The summed E-state index contributed by atoms with van der Waals surface area (Å²) in [6.07, 6.45) is 1.63. The van der Waals surface area contributed by atoms with Gasteiger partial charge in [-0.2, -0.15) is 5.26 Å². The molecule has 1 heterocycles. The molecule has 1 atom stereocenters. The van der Waals surface area contributed by atoms with Gasteiger partial charge in [0.1, 0.15) is 5.82 Å². The molecule has 0 aromatic carbocycles. The summed E-state index contributed by atoms with van der Waals surface area (Å²) >= 11 is 0. The molecule has 0 saturated carbocycles. The first-order valence-electron chi connectivity index (χ1n) is 6.44. The third-order valence-corrected chi connectivity index (χ3v) is 2.91. The highest BCUT2D eigenvalue weighted by atomic mass is 15.1. The number of hydrogen-bond acceptors (Lipinski definition) is 4. The van der Waals surface area contributed by atoms with Crippen LogP contribution in [0.4, 0.5) is 5.82 Å². The first-order valence-corrected chi connectivity index (χ1v) is 6.44. The van der Waals surface area contributed by atoms with Crippen LogP contribution in [0.3, 0.4) is 0 Å². The largest absolute Gasteiger partial charge is 0.370 e. The summed E-state index contributed by atoms with van der Waals surface area (Å²) in [5.41, 5.74) is 1.03. The second-order valence-corrected chi connectivity index (χ2v) is 4.57. The Morgan fingerprint density at radius 2 is 2.28 bits per heavy atom. The lowest BCUT2D eigenvalue weighted by molar-refractivity contribution is 0.249. The summed E-state index contributed by atoms with van der Waals surface area (Å²) in [6, 6.07) is 8.47. The zero-order chi connectivity index (χ0) is 13.4. The molecule has 1 aromatic rings. The Bertz CT molecular complexity index is 397. The summed E-state index contributed by atoms with van der Waals surface area (Å²) < 4.78 is 0. The van der Waals surface area contributed by atoms with Crippen molar-refractivity contribution in [2.24, 2.45) is 0 Å². The minimum Gasteiger partial charge on any atom is -0.370 e. The molecule has 1 aromatic heterocycles. The van der Waals surface area contributed by atoms with Crippen molar-refractivity contribution in [2.75, 3.05) is 18.9 Å². The molecule has 4 heteroatoms. The van der Waals surface area contributed by atoms with E-state index < -0.39 is 0 Å². The van der Waals surface area contributed by atoms with Gasteiger partial charge in [-0.15, -0.1) is 0 Å². The molecule has 4 nitrogen and oxygen atoms in total. The van der Waals surface area contributed by atoms with E-state index in [1.54, 1.807) is 0 Å². The molecule has 0 aliphatic heterocycles. The third kappa shape index (κ3) is 4.72. The number of rotatable bonds is 7. The van der Waals surface area contributed by atoms with E-state index >= 15 is 0 Å². The molecule has 0 radical (unpaired) electrons. The SMILES string of the molecule is CCCNc1cccc(CN(C)C(C)CC#N)n1. The van der Waals surface area contributed by atoms with Crippen LogP contribution in [0.25, 0.3) is 0 Å². The highest BCUT2D eigenvalue weighted by molar-refractivity contribution is 5.35. The molecule has 1 rings (SSSR count). The lowest BCUT2D eigenvalue weighted by Gasteiger charge is -2.22. The van der Waals surface area contributed by atoms with Crippen LogP contribution < -0.4 is 5.32 Å². The van der Waals surface area contributed by atoms with Crippen LogP contribution in [0.5, 0.6) is 0 Å². The average Bonchev–Trinajstić information content (AvgIpc) is 2.37. The van der Waals surface area contributed by atoms with Crippen molar-refractivity contribution in [3.8, 4) is 6.07 Å². The van der Waals surface area contributed by atoms with Gasteiger partial charge in [-0.1, -0.05) is 13.0 Å². The lowest BCUT2D eigenvalue weighted by atomic mass is 10.2. The summed E-state index contributed by atoms with van der Waals surface area (Å²) in [6.45, 7) is 5.90. The van der Waals surface area contributed by atoms with E-state index in [1.807, 2.05) is 25.2 Å². The normalized spacial score (nSPS) is 12.2. The molecule has 0 fully saturated rings. The molecule has 0 aliphatic rings. The second-order valence-electron chi connectivity index (χ2n) is 4.57. The van der Waals surface area contributed by atoms with Gasteiger partial charge in [0.2, 0.25) is 0 Å². The summed E-state index contributed by atoms with van der Waals surface area (Å²) in [7, 11) is 2.02. The standard InChI is InChI=1S/C14H22N4/c1-4-10-16-14-7-5-6-13(17-14)11-18(3)12(2)8-9-15/h5-7,12H,4,8,10-11H2,1-3H3,(H,16,17). The number of nitrogens with one attached hydrogen (secondary N) is 1. The van der Waals surface area contributed by atoms with Crippen LogP contribution in [0.2, 0.25) is 0 Å². The second kappa shape index (κ2) is 7.67. The first kappa shape index (κ1) is 14.5. The van der Waals surface area contributed by atoms with Crippen molar-refractivity contribution in [1.82, 2.24) is 9.88 Å². The highest BCUT2D eigenvalue weighted by Crippen LogP contribution is 2.09. The van der Waals surface area contributed by atoms with Gasteiger partial charge in [0.05, 0.1) is 18.2 Å². The van der Waals surface area contributed by atoms with Crippen molar-refractivity contribution >= 4 is 5.82 Å². The van der Waals surface area contributed by atoms with E-state index in [0.717, 1.165) is 31.0 Å². The topological polar surface area (TPSA) is 52.0 Å². The van der Waals surface area contributed by atoms with E-state index in [2.05, 4.69) is 35.1 Å². The minimum atomic E-state index is 0.254. The van der Waals surface area contributed by atoms with Crippen LogP contribution in [0.15, 0.2) is 18.2 Å². The lowest BCUT2D eigenvalue weighted by Crippen LogP contribution is -2.28. The van der Waals surface area contributed by atoms with Gasteiger partial charge in [0.15, 0.2) is 0 Å². The molecule has 1 N–H and O–H groups in total. The van der Waals surface area contributed by atoms with E-state index in [-0.39, 0.29) is 6.04 Å². The predicted octanol–water partition coefficient (Wildman–Crippen LogP) is 2.64. The van der Waals surface area contributed by atoms with Crippen LogP contribution in [0.1, 0.15) is 32.4 Å². The molecule has 18 heavy (non-hydrogen) atoms. The third-order valence-electron chi connectivity index (χ3n) is 2.91. The number of anilines is 1. The molecular weight excluding hydrogens is 224 g/mol. The van der Waals surface area contributed by atoms with Crippen molar-refractivity contribution in [2.45, 2.75) is 39.3 Å². The van der Waals surface area contributed by atoms with Crippen LogP contribution in [0, 0.1) is 11.3 Å². The van der Waals surface area contributed by atoms with Gasteiger partial charge in [0.25, 0.3) is 0 Å². The molecule has 0 spiro atoms. The molecule has 0 amide bonds. The zero-order valence-electron chi connectivity index (χ0n) is 11.5. The Labute approximate surface area is 110 Å². The van der Waals surface area contributed by atoms with Crippen molar-refractivity contribution in [1.29, 1.82) is 5.26 Å². The van der Waals surface area contributed by atoms with Gasteiger partial charge < -0.3 is 5.32 Å². The smallest absolute Gasteiger partial charge is 0.126 e. The fourth-order valence-electron chi connectivity index (χ4n) is 1.62. The van der Waals surface area contributed by atoms with Gasteiger partial charge >= 0.3 is 0 Å². The number of pyridine rings is 1. The van der Waals surface area contributed by atoms with Gasteiger partial charge in [0, 0.05) is 19.1 Å². The van der Waals surface area contributed by atoms with Crippen molar-refractivity contribution in [3.05, 3.63) is 23.9 Å². The molecular formula is C14H22N4. The predicted molar refractivity (Wildman–Crippen MR) is 74.2 cm³/mol. The Kier molecular flexibility index (Phi) is 6.16. The number of nitrogens with zero attached hydrogens (tertiary/aromatic N) is 3. The number of hydrogen-bond donors (Lipinski definition) is 1. The molecule has 1 unspecified atom stereocenters. The van der Waals surface area contributed by atoms with Crippen molar-refractivity contribution in [3.63, 3.8) is 0 Å².